The van der Waals surface area contributed by atoms with Gasteiger partial charge in [-0.2, -0.15) is 5.26 Å². The van der Waals surface area contributed by atoms with E-state index in [9.17, 15) is 10.1 Å². The Kier molecular flexibility index (Phi) is 5.56. The lowest BCUT2D eigenvalue weighted by atomic mass is 10.1. The second-order valence-corrected chi connectivity index (χ2v) is 8.77. The number of piperazine rings is 1. The van der Waals surface area contributed by atoms with Crippen LogP contribution in [0.15, 0.2) is 59.5 Å². The van der Waals surface area contributed by atoms with Crippen molar-refractivity contribution < 1.29 is 0 Å². The summed E-state index contributed by atoms with van der Waals surface area (Å²) < 4.78 is 3.28. The lowest BCUT2D eigenvalue weighted by Crippen LogP contribution is -2.44. The zero-order valence-corrected chi connectivity index (χ0v) is 19.6. The third-order valence-electron chi connectivity index (χ3n) is 6.52. The van der Waals surface area contributed by atoms with Gasteiger partial charge in [-0.1, -0.05) is 12.1 Å². The second-order valence-electron chi connectivity index (χ2n) is 8.77. The van der Waals surface area contributed by atoms with Crippen molar-refractivity contribution >= 4 is 28.1 Å². The number of aromatic nitrogens is 3. The number of pyridine rings is 1. The van der Waals surface area contributed by atoms with Crippen molar-refractivity contribution in [3.05, 3.63) is 76.2 Å². The summed E-state index contributed by atoms with van der Waals surface area (Å²) >= 11 is 0. The van der Waals surface area contributed by atoms with Crippen LogP contribution in [0.5, 0.6) is 0 Å². The van der Waals surface area contributed by atoms with Crippen LogP contribution in [0.3, 0.4) is 0 Å². The minimum atomic E-state index is -0.202. The summed E-state index contributed by atoms with van der Waals surface area (Å²) in [6, 6.07) is 17.5. The predicted molar refractivity (Wildman–Crippen MR) is 135 cm³/mol. The summed E-state index contributed by atoms with van der Waals surface area (Å²) in [6.07, 6.45) is 1.59. The number of para-hydroxylation sites is 1. The number of hydrogen-bond donors (Lipinski definition) is 1. The number of nitriles is 1. The fourth-order valence-electron chi connectivity index (χ4n) is 4.61. The van der Waals surface area contributed by atoms with E-state index in [1.54, 1.807) is 29.1 Å². The fourth-order valence-corrected chi connectivity index (χ4v) is 4.61. The van der Waals surface area contributed by atoms with E-state index in [0.29, 0.717) is 22.5 Å². The molecule has 34 heavy (non-hydrogen) atoms. The molecular weight excluding hydrogens is 426 g/mol. The Morgan fingerprint density at radius 1 is 1.00 bits per heavy atom. The van der Waals surface area contributed by atoms with Gasteiger partial charge in [-0.25, -0.2) is 9.67 Å². The van der Waals surface area contributed by atoms with Crippen LogP contribution in [-0.4, -0.2) is 52.5 Å². The van der Waals surface area contributed by atoms with Crippen LogP contribution in [0.25, 0.3) is 16.6 Å². The van der Waals surface area contributed by atoms with Crippen LogP contribution in [0.4, 0.5) is 17.2 Å². The van der Waals surface area contributed by atoms with Gasteiger partial charge in [0.15, 0.2) is 0 Å². The van der Waals surface area contributed by atoms with Gasteiger partial charge in [0.25, 0.3) is 5.56 Å². The smallest absolute Gasteiger partial charge is 0.280 e. The number of aryl methyl sites for hydroxylation is 2. The Morgan fingerprint density at radius 2 is 1.76 bits per heavy atom. The number of benzene rings is 2. The van der Waals surface area contributed by atoms with Crippen LogP contribution in [0.1, 0.15) is 11.1 Å². The number of likely N-dealkylation sites (N-methyl/N-ethyl adjacent to an activating group) is 1. The highest BCUT2D eigenvalue weighted by atomic mass is 16.1. The Hall–Kier alpha value is -4.09. The Bertz CT molecular complexity index is 1470. The van der Waals surface area contributed by atoms with E-state index in [0.717, 1.165) is 37.4 Å². The molecule has 0 bridgehead atoms. The predicted octanol–water partition coefficient (Wildman–Crippen LogP) is 3.40. The average Bonchev–Trinajstić information content (AvgIpc) is 3.09. The van der Waals surface area contributed by atoms with E-state index in [-0.39, 0.29) is 5.56 Å². The van der Waals surface area contributed by atoms with E-state index in [1.807, 2.05) is 19.2 Å². The minimum Gasteiger partial charge on any atom is -0.369 e. The van der Waals surface area contributed by atoms with Gasteiger partial charge in [-0.05, 0) is 49.9 Å². The lowest BCUT2D eigenvalue weighted by Gasteiger charge is -2.35. The first kappa shape index (κ1) is 21.7. The standard InChI is InChI=1S/C26H27N7O/c1-18-14-20(8-9-22(18)32-12-10-30(2)11-13-32)29-25-15-24-21(17-28-25)26(34)33(31(24)3)23-7-5-4-6-19(23)16-27/h4-9,14-15,17H,10-13H2,1-3H3,(H,28,29). The van der Waals surface area contributed by atoms with Gasteiger partial charge >= 0.3 is 0 Å². The van der Waals surface area contributed by atoms with E-state index in [1.165, 1.54) is 15.9 Å². The number of anilines is 3. The molecule has 8 heteroatoms. The van der Waals surface area contributed by atoms with Crippen molar-refractivity contribution in [1.29, 1.82) is 5.26 Å². The fraction of sp³-hybridized carbons (Fsp3) is 0.269. The molecule has 172 valence electrons. The molecule has 0 spiro atoms. The van der Waals surface area contributed by atoms with Gasteiger partial charge in [-0.3, -0.25) is 9.48 Å². The Morgan fingerprint density at radius 3 is 2.50 bits per heavy atom. The first-order valence-electron chi connectivity index (χ1n) is 11.3. The SMILES string of the molecule is Cc1cc(Nc2cc3c(cn2)c(=O)n(-c2ccccc2C#N)n3C)ccc1N1CCN(C)CC1. The molecule has 1 N–H and O–H groups in total. The number of rotatable bonds is 4. The number of nitrogens with one attached hydrogen (secondary N) is 1. The molecule has 8 nitrogen and oxygen atoms in total. The highest BCUT2D eigenvalue weighted by Crippen LogP contribution is 2.27. The molecule has 2 aromatic carbocycles. The van der Waals surface area contributed by atoms with E-state index in [2.05, 4.69) is 58.3 Å². The molecule has 0 unspecified atom stereocenters. The molecule has 3 heterocycles. The van der Waals surface area contributed by atoms with Crippen molar-refractivity contribution in [2.75, 3.05) is 43.4 Å². The quantitative estimate of drug-likeness (QED) is 0.510. The van der Waals surface area contributed by atoms with Crippen LogP contribution >= 0.6 is 0 Å². The van der Waals surface area contributed by atoms with Crippen LogP contribution in [0, 0.1) is 18.3 Å². The normalized spacial score (nSPS) is 14.4. The summed E-state index contributed by atoms with van der Waals surface area (Å²) in [5, 5.41) is 13.4. The highest BCUT2D eigenvalue weighted by molar-refractivity contribution is 5.82. The first-order chi connectivity index (χ1) is 16.5. The zero-order valence-electron chi connectivity index (χ0n) is 19.6. The monoisotopic (exact) mass is 453 g/mol. The Labute approximate surface area is 198 Å². The molecule has 1 fully saturated rings. The van der Waals surface area contributed by atoms with Gasteiger partial charge in [0, 0.05) is 56.9 Å². The van der Waals surface area contributed by atoms with E-state index < -0.39 is 0 Å². The maximum atomic E-state index is 13.1. The molecule has 1 aliphatic rings. The third-order valence-corrected chi connectivity index (χ3v) is 6.52. The minimum absolute atomic E-state index is 0.202. The van der Waals surface area contributed by atoms with Crippen LogP contribution < -0.4 is 15.8 Å². The van der Waals surface area contributed by atoms with Crippen molar-refractivity contribution in [1.82, 2.24) is 19.2 Å². The van der Waals surface area contributed by atoms with E-state index in [4.69, 9.17) is 0 Å². The maximum absolute atomic E-state index is 13.1. The molecule has 4 aromatic rings. The van der Waals surface area contributed by atoms with Crippen LogP contribution in [0.2, 0.25) is 0 Å². The number of fused-ring (bicyclic) bond motifs is 1. The molecule has 0 amide bonds. The molecule has 1 aliphatic heterocycles. The largest absolute Gasteiger partial charge is 0.369 e. The number of nitrogens with zero attached hydrogens (tertiary/aromatic N) is 6. The maximum Gasteiger partial charge on any atom is 0.280 e. The zero-order chi connectivity index (χ0) is 23.8. The van der Waals surface area contributed by atoms with Gasteiger partial charge in [-0.15, -0.1) is 0 Å². The molecular formula is C26H27N7O. The number of hydrogen-bond acceptors (Lipinski definition) is 6. The van der Waals surface area contributed by atoms with Crippen molar-refractivity contribution in [3.63, 3.8) is 0 Å². The van der Waals surface area contributed by atoms with Crippen molar-refractivity contribution in [2.24, 2.45) is 7.05 Å². The van der Waals surface area contributed by atoms with Gasteiger partial charge in [0.05, 0.1) is 22.2 Å². The summed E-state index contributed by atoms with van der Waals surface area (Å²) in [4.78, 5) is 22.4. The summed E-state index contributed by atoms with van der Waals surface area (Å²) in [6.45, 7) is 6.33. The van der Waals surface area contributed by atoms with Crippen molar-refractivity contribution in [3.8, 4) is 11.8 Å². The van der Waals surface area contributed by atoms with E-state index >= 15 is 0 Å². The van der Waals surface area contributed by atoms with Gasteiger partial charge in [0.1, 0.15) is 11.9 Å². The highest BCUT2D eigenvalue weighted by Gasteiger charge is 2.17. The van der Waals surface area contributed by atoms with Crippen molar-refractivity contribution in [2.45, 2.75) is 6.92 Å². The molecule has 0 atom stereocenters. The molecule has 0 aliphatic carbocycles. The first-order valence-corrected chi connectivity index (χ1v) is 11.3. The lowest BCUT2D eigenvalue weighted by molar-refractivity contribution is 0.312. The molecule has 0 radical (unpaired) electrons. The molecule has 5 rings (SSSR count). The molecule has 0 saturated carbocycles. The second kappa shape index (κ2) is 8.69. The third kappa shape index (κ3) is 3.80. The molecule has 1 saturated heterocycles. The van der Waals surface area contributed by atoms with Gasteiger partial charge < -0.3 is 15.1 Å². The Balaban J connectivity index is 1.45. The van der Waals surface area contributed by atoms with Gasteiger partial charge in [0.2, 0.25) is 0 Å². The summed E-state index contributed by atoms with van der Waals surface area (Å²) in [5.74, 6) is 0.653. The topological polar surface area (TPSA) is 82.1 Å². The molecule has 2 aromatic heterocycles. The summed E-state index contributed by atoms with van der Waals surface area (Å²) in [5.41, 5.74) is 4.95. The summed E-state index contributed by atoms with van der Waals surface area (Å²) in [7, 11) is 3.98. The van der Waals surface area contributed by atoms with Crippen LogP contribution in [-0.2, 0) is 7.05 Å². The average molecular weight is 454 g/mol.